The molecule has 9 nitrogen and oxygen atoms in total. The normalized spacial score (nSPS) is 13.4. The minimum Gasteiger partial charge on any atom is -0.476 e. The van der Waals surface area contributed by atoms with Crippen LogP contribution in [0.4, 0.5) is 5.69 Å². The Hall–Kier alpha value is -3.62. The topological polar surface area (TPSA) is 123 Å². The van der Waals surface area contributed by atoms with Crippen LogP contribution < -0.4 is 5.32 Å². The predicted octanol–water partition coefficient (Wildman–Crippen LogP) is 2.41. The Morgan fingerprint density at radius 1 is 1.04 bits per heavy atom. The van der Waals surface area contributed by atoms with Crippen LogP contribution in [0.15, 0.2) is 36.7 Å². The summed E-state index contributed by atoms with van der Waals surface area (Å²) in [5.74, 6) is 0.121. The lowest BCUT2D eigenvalue weighted by Gasteiger charge is -2.09. The molecule has 2 aromatic heterocycles. The third-order valence-corrected chi connectivity index (χ3v) is 4.59. The van der Waals surface area contributed by atoms with E-state index in [1.807, 2.05) is 18.2 Å². The molecule has 0 saturated carbocycles. The molecular formula is C19H18N6O3. The molecule has 1 amide bonds. The molecule has 3 aromatic rings. The second kappa shape index (κ2) is 7.55. The van der Waals surface area contributed by atoms with E-state index in [1.54, 1.807) is 6.07 Å². The molecule has 0 unspecified atom stereocenters. The molecule has 0 saturated heterocycles. The highest BCUT2D eigenvalue weighted by Crippen LogP contribution is 2.25. The van der Waals surface area contributed by atoms with Gasteiger partial charge in [-0.05, 0) is 25.0 Å². The molecule has 1 aliphatic rings. The highest BCUT2D eigenvalue weighted by atomic mass is 16.4. The number of nitrogens with zero attached hydrogens (tertiary/aromatic N) is 5. The van der Waals surface area contributed by atoms with Gasteiger partial charge in [0.2, 0.25) is 0 Å². The Balaban J connectivity index is 1.55. The van der Waals surface area contributed by atoms with Gasteiger partial charge in [-0.1, -0.05) is 18.6 Å². The molecule has 0 spiro atoms. The molecule has 3 heterocycles. The first-order valence-corrected chi connectivity index (χ1v) is 9.01. The second-order valence-electron chi connectivity index (χ2n) is 6.53. The molecule has 0 radical (unpaired) electrons. The number of rotatable bonds is 4. The number of nitrogens with one attached hydrogen (secondary N) is 1. The van der Waals surface area contributed by atoms with E-state index in [2.05, 4.69) is 30.0 Å². The Labute approximate surface area is 160 Å². The lowest BCUT2D eigenvalue weighted by atomic mass is 10.2. The number of hydrogen-bond donors (Lipinski definition) is 2. The summed E-state index contributed by atoms with van der Waals surface area (Å²) in [5.41, 5.74) is 1.26. The maximum absolute atomic E-state index is 12.4. The maximum Gasteiger partial charge on any atom is 0.356 e. The van der Waals surface area contributed by atoms with Crippen molar-refractivity contribution in [2.24, 2.45) is 0 Å². The molecule has 1 aromatic carbocycles. The van der Waals surface area contributed by atoms with E-state index in [0.717, 1.165) is 55.4 Å². The lowest BCUT2D eigenvalue weighted by Crippen LogP contribution is -2.15. The zero-order valence-electron chi connectivity index (χ0n) is 15.0. The van der Waals surface area contributed by atoms with Gasteiger partial charge in [-0.25, -0.2) is 14.8 Å². The number of aromatic carboxylic acids is 1. The molecular weight excluding hydrogens is 360 g/mol. The highest BCUT2D eigenvalue weighted by molar-refractivity contribution is 6.03. The molecule has 0 aliphatic carbocycles. The van der Waals surface area contributed by atoms with Gasteiger partial charge >= 0.3 is 5.97 Å². The largest absolute Gasteiger partial charge is 0.476 e. The van der Waals surface area contributed by atoms with Crippen molar-refractivity contribution in [3.8, 4) is 11.4 Å². The lowest BCUT2D eigenvalue weighted by molar-refractivity contribution is 0.0689. The van der Waals surface area contributed by atoms with Crippen LogP contribution >= 0.6 is 0 Å². The van der Waals surface area contributed by atoms with E-state index in [-0.39, 0.29) is 11.4 Å². The summed E-state index contributed by atoms with van der Waals surface area (Å²) < 4.78 is 2.14. The van der Waals surface area contributed by atoms with E-state index < -0.39 is 11.9 Å². The first kappa shape index (κ1) is 17.8. The zero-order chi connectivity index (χ0) is 19.5. The Morgan fingerprint density at radius 2 is 1.86 bits per heavy atom. The Morgan fingerprint density at radius 3 is 2.64 bits per heavy atom. The molecule has 1 aliphatic heterocycles. The van der Waals surface area contributed by atoms with Crippen molar-refractivity contribution in [3.05, 3.63) is 53.9 Å². The zero-order valence-corrected chi connectivity index (χ0v) is 15.0. The van der Waals surface area contributed by atoms with Gasteiger partial charge < -0.3 is 15.0 Å². The van der Waals surface area contributed by atoms with Crippen molar-refractivity contribution < 1.29 is 14.7 Å². The molecule has 2 N–H and O–H groups in total. The molecule has 4 rings (SSSR count). The quantitative estimate of drug-likeness (QED) is 0.714. The molecule has 28 heavy (non-hydrogen) atoms. The van der Waals surface area contributed by atoms with E-state index in [0.29, 0.717) is 5.69 Å². The van der Waals surface area contributed by atoms with Crippen LogP contribution in [-0.2, 0) is 13.0 Å². The summed E-state index contributed by atoms with van der Waals surface area (Å²) in [4.78, 5) is 30.8. The average Bonchev–Trinajstić information content (AvgIpc) is 2.96. The minimum absolute atomic E-state index is 0.0340. The highest BCUT2D eigenvalue weighted by Gasteiger charge is 2.17. The van der Waals surface area contributed by atoms with E-state index >= 15 is 0 Å². The smallest absolute Gasteiger partial charge is 0.356 e. The Bertz CT molecular complexity index is 1030. The van der Waals surface area contributed by atoms with Crippen LogP contribution in [0.5, 0.6) is 0 Å². The number of aryl methyl sites for hydroxylation is 1. The number of amides is 1. The molecule has 142 valence electrons. The van der Waals surface area contributed by atoms with Gasteiger partial charge in [0.1, 0.15) is 11.5 Å². The standard InChI is InChI=1S/C19H18N6O3/c26-18(14-10-21-15(11-20-14)19(27)28)22-13-6-4-5-12(9-13)17-24-23-16-7-2-1-3-8-25(16)17/h4-6,9-11H,1-3,7-8H2,(H,22,26)(H,27,28). The fraction of sp³-hybridized carbons (Fsp3) is 0.263. The van der Waals surface area contributed by atoms with Crippen LogP contribution in [0, 0.1) is 0 Å². The van der Waals surface area contributed by atoms with Crippen LogP contribution in [0.1, 0.15) is 46.1 Å². The van der Waals surface area contributed by atoms with Gasteiger partial charge in [0.05, 0.1) is 12.4 Å². The predicted molar refractivity (Wildman–Crippen MR) is 100.0 cm³/mol. The van der Waals surface area contributed by atoms with Gasteiger partial charge in [-0.3, -0.25) is 4.79 Å². The van der Waals surface area contributed by atoms with Gasteiger partial charge in [0, 0.05) is 24.2 Å². The van der Waals surface area contributed by atoms with E-state index in [9.17, 15) is 9.59 Å². The number of carbonyl (C=O) groups is 2. The van der Waals surface area contributed by atoms with Crippen molar-refractivity contribution in [2.45, 2.75) is 32.2 Å². The first-order valence-electron chi connectivity index (χ1n) is 9.01. The number of carbonyl (C=O) groups excluding carboxylic acids is 1. The van der Waals surface area contributed by atoms with Crippen molar-refractivity contribution in [2.75, 3.05) is 5.32 Å². The monoisotopic (exact) mass is 378 g/mol. The first-order chi connectivity index (χ1) is 13.6. The van der Waals surface area contributed by atoms with Gasteiger partial charge in [-0.2, -0.15) is 0 Å². The third kappa shape index (κ3) is 3.59. The summed E-state index contributed by atoms with van der Waals surface area (Å²) in [7, 11) is 0. The van der Waals surface area contributed by atoms with Crippen LogP contribution in [-0.4, -0.2) is 41.7 Å². The maximum atomic E-state index is 12.4. The number of benzene rings is 1. The number of carboxylic acid groups (broad SMARTS) is 1. The minimum atomic E-state index is -1.19. The molecule has 9 heteroatoms. The van der Waals surface area contributed by atoms with Crippen LogP contribution in [0.25, 0.3) is 11.4 Å². The Kier molecular flexibility index (Phi) is 4.79. The van der Waals surface area contributed by atoms with Crippen molar-refractivity contribution in [1.29, 1.82) is 0 Å². The van der Waals surface area contributed by atoms with Crippen molar-refractivity contribution >= 4 is 17.6 Å². The fourth-order valence-corrected chi connectivity index (χ4v) is 3.19. The summed E-state index contributed by atoms with van der Waals surface area (Å²) >= 11 is 0. The molecule has 0 atom stereocenters. The van der Waals surface area contributed by atoms with E-state index in [1.165, 1.54) is 6.42 Å². The fourth-order valence-electron chi connectivity index (χ4n) is 3.19. The van der Waals surface area contributed by atoms with Gasteiger partial charge in [-0.15, -0.1) is 10.2 Å². The third-order valence-electron chi connectivity index (χ3n) is 4.59. The van der Waals surface area contributed by atoms with E-state index in [4.69, 9.17) is 5.11 Å². The summed E-state index contributed by atoms with van der Waals surface area (Å²) in [5, 5.41) is 20.3. The van der Waals surface area contributed by atoms with Crippen molar-refractivity contribution in [1.82, 2.24) is 24.7 Å². The van der Waals surface area contributed by atoms with Crippen molar-refractivity contribution in [3.63, 3.8) is 0 Å². The van der Waals surface area contributed by atoms with Crippen LogP contribution in [0.2, 0.25) is 0 Å². The number of hydrogen-bond acceptors (Lipinski definition) is 6. The average molecular weight is 378 g/mol. The van der Waals surface area contributed by atoms with Gasteiger partial charge in [0.15, 0.2) is 11.5 Å². The number of fused-ring (bicyclic) bond motifs is 1. The molecule has 0 fully saturated rings. The second-order valence-corrected chi connectivity index (χ2v) is 6.53. The summed E-state index contributed by atoms with van der Waals surface area (Å²) in [6, 6.07) is 7.36. The van der Waals surface area contributed by atoms with Gasteiger partial charge in [0.25, 0.3) is 5.91 Å². The van der Waals surface area contributed by atoms with Crippen LogP contribution in [0.3, 0.4) is 0 Å². The summed E-state index contributed by atoms with van der Waals surface area (Å²) in [6.07, 6.45) is 6.52. The number of carboxylic acids is 1. The SMILES string of the molecule is O=C(O)c1cnc(C(=O)Nc2cccc(-c3nnc4n3CCCCC4)c2)cn1. The number of anilines is 1. The number of aromatic nitrogens is 5. The molecule has 0 bridgehead atoms. The summed E-state index contributed by atoms with van der Waals surface area (Å²) in [6.45, 7) is 0.889.